The van der Waals surface area contributed by atoms with E-state index >= 15 is 0 Å². The van der Waals surface area contributed by atoms with Crippen LogP contribution in [0.15, 0.2) is 52.9 Å². The molecule has 126 valence electrons. The van der Waals surface area contributed by atoms with Crippen molar-refractivity contribution < 1.29 is 9.21 Å². The first-order valence-electron chi connectivity index (χ1n) is 8.11. The third kappa shape index (κ3) is 2.59. The Kier molecular flexibility index (Phi) is 3.77. The van der Waals surface area contributed by atoms with Gasteiger partial charge in [-0.25, -0.2) is 0 Å². The van der Waals surface area contributed by atoms with E-state index in [0.29, 0.717) is 10.7 Å². The summed E-state index contributed by atoms with van der Waals surface area (Å²) in [7, 11) is 0. The fraction of sp³-hybridized carbons (Fsp3) is 0.150. The Morgan fingerprint density at radius 2 is 1.80 bits per heavy atom. The number of fused-ring (bicyclic) bond motifs is 2. The monoisotopic (exact) mass is 352 g/mol. The highest BCUT2D eigenvalue weighted by Crippen LogP contribution is 2.30. The number of rotatable bonds is 3. The zero-order chi connectivity index (χ0) is 17.6. The molecule has 0 fully saturated rings. The fourth-order valence-electron chi connectivity index (χ4n) is 3.20. The zero-order valence-electron chi connectivity index (χ0n) is 13.9. The first kappa shape index (κ1) is 15.8. The first-order valence-corrected chi connectivity index (χ1v) is 8.49. The van der Waals surface area contributed by atoms with Gasteiger partial charge in [-0.1, -0.05) is 48.0 Å². The van der Waals surface area contributed by atoms with Crippen LogP contribution in [0.3, 0.4) is 0 Å². The van der Waals surface area contributed by atoms with E-state index in [9.17, 15) is 4.79 Å². The number of halogens is 1. The number of nitrogens with one attached hydrogen (secondary N) is 2. The van der Waals surface area contributed by atoms with Crippen molar-refractivity contribution in [3.8, 4) is 0 Å². The standard InChI is InChI=1S/C20H17ClN2O2/c1-11-13-7-4-6-10-16(13)25-19(11)12(2)22-20(24)18-17(21)14-8-3-5-9-15(14)23-18/h3-10,12,23H,1-2H3,(H,22,24). The van der Waals surface area contributed by atoms with Gasteiger partial charge in [0.2, 0.25) is 0 Å². The maximum absolute atomic E-state index is 12.7. The minimum atomic E-state index is -0.276. The Morgan fingerprint density at radius 1 is 1.12 bits per heavy atom. The molecule has 4 nitrogen and oxygen atoms in total. The number of furan rings is 1. The van der Waals surface area contributed by atoms with Gasteiger partial charge in [-0.3, -0.25) is 4.79 Å². The lowest BCUT2D eigenvalue weighted by molar-refractivity contribution is 0.0931. The first-order chi connectivity index (χ1) is 12.1. The molecule has 4 aromatic rings. The number of aromatic amines is 1. The summed E-state index contributed by atoms with van der Waals surface area (Å²) in [6.45, 7) is 3.90. The summed E-state index contributed by atoms with van der Waals surface area (Å²) in [4.78, 5) is 15.8. The number of aryl methyl sites for hydroxylation is 1. The quantitative estimate of drug-likeness (QED) is 0.521. The summed E-state index contributed by atoms with van der Waals surface area (Å²) in [5.74, 6) is 0.496. The second-order valence-corrected chi connectivity index (χ2v) is 6.52. The van der Waals surface area contributed by atoms with Gasteiger partial charge in [0.25, 0.3) is 5.91 Å². The van der Waals surface area contributed by atoms with Crippen LogP contribution >= 0.6 is 11.6 Å². The third-order valence-corrected chi connectivity index (χ3v) is 4.88. The molecule has 0 aliphatic rings. The molecule has 0 aliphatic heterocycles. The van der Waals surface area contributed by atoms with Gasteiger partial charge in [-0.15, -0.1) is 0 Å². The molecule has 25 heavy (non-hydrogen) atoms. The smallest absolute Gasteiger partial charge is 0.269 e. The zero-order valence-corrected chi connectivity index (χ0v) is 14.6. The number of carbonyl (C=O) groups is 1. The molecule has 0 saturated heterocycles. The maximum Gasteiger partial charge on any atom is 0.269 e. The minimum absolute atomic E-state index is 0.256. The fourth-order valence-corrected chi connectivity index (χ4v) is 3.50. The Labute approximate surface area is 149 Å². The third-order valence-electron chi connectivity index (χ3n) is 4.49. The van der Waals surface area contributed by atoms with E-state index < -0.39 is 0 Å². The average Bonchev–Trinajstić information content (AvgIpc) is 3.14. The van der Waals surface area contributed by atoms with E-state index in [0.717, 1.165) is 33.2 Å². The van der Waals surface area contributed by atoms with Crippen LogP contribution in [0.4, 0.5) is 0 Å². The van der Waals surface area contributed by atoms with Gasteiger partial charge in [0.1, 0.15) is 17.0 Å². The number of hydrogen-bond acceptors (Lipinski definition) is 2. The lowest BCUT2D eigenvalue weighted by Gasteiger charge is -2.12. The van der Waals surface area contributed by atoms with Crippen LogP contribution in [0.25, 0.3) is 21.9 Å². The van der Waals surface area contributed by atoms with E-state index in [1.165, 1.54) is 0 Å². The van der Waals surface area contributed by atoms with Gasteiger partial charge in [0, 0.05) is 21.9 Å². The molecule has 2 aromatic heterocycles. The van der Waals surface area contributed by atoms with Crippen molar-refractivity contribution >= 4 is 39.4 Å². The lowest BCUT2D eigenvalue weighted by Crippen LogP contribution is -2.27. The van der Waals surface area contributed by atoms with Crippen molar-refractivity contribution in [3.63, 3.8) is 0 Å². The molecule has 2 N–H and O–H groups in total. The van der Waals surface area contributed by atoms with Crippen LogP contribution in [0.2, 0.25) is 5.02 Å². The molecule has 5 heteroatoms. The number of carbonyl (C=O) groups excluding carboxylic acids is 1. The van der Waals surface area contributed by atoms with E-state index in [1.807, 2.05) is 62.4 Å². The van der Waals surface area contributed by atoms with Crippen LogP contribution in [0.1, 0.15) is 34.8 Å². The molecule has 0 spiro atoms. The lowest BCUT2D eigenvalue weighted by atomic mass is 10.1. The van der Waals surface area contributed by atoms with E-state index in [2.05, 4.69) is 10.3 Å². The van der Waals surface area contributed by atoms with Crippen LogP contribution in [-0.4, -0.2) is 10.9 Å². The molecule has 1 atom stereocenters. The van der Waals surface area contributed by atoms with Gasteiger partial charge in [0.15, 0.2) is 0 Å². The maximum atomic E-state index is 12.7. The highest BCUT2D eigenvalue weighted by molar-refractivity contribution is 6.38. The van der Waals surface area contributed by atoms with Crippen molar-refractivity contribution in [3.05, 3.63) is 70.6 Å². The molecular formula is C20H17ClN2O2. The molecule has 1 unspecified atom stereocenters. The summed E-state index contributed by atoms with van der Waals surface area (Å²) < 4.78 is 5.93. The van der Waals surface area contributed by atoms with Crippen molar-refractivity contribution in [1.29, 1.82) is 0 Å². The molecular weight excluding hydrogens is 336 g/mol. The number of hydrogen-bond donors (Lipinski definition) is 2. The van der Waals surface area contributed by atoms with E-state index in [4.69, 9.17) is 16.0 Å². The summed E-state index contributed by atoms with van der Waals surface area (Å²) in [6, 6.07) is 15.1. The molecule has 2 aromatic carbocycles. The minimum Gasteiger partial charge on any atom is -0.459 e. The number of aromatic nitrogens is 1. The summed E-state index contributed by atoms with van der Waals surface area (Å²) >= 11 is 6.36. The predicted molar refractivity (Wildman–Crippen MR) is 100 cm³/mol. The number of para-hydroxylation sites is 2. The molecule has 2 heterocycles. The number of H-pyrrole nitrogens is 1. The SMILES string of the molecule is Cc1c(C(C)NC(=O)c2[nH]c3ccccc3c2Cl)oc2ccccc12. The second kappa shape index (κ2) is 5.97. The van der Waals surface area contributed by atoms with Crippen LogP contribution in [0.5, 0.6) is 0 Å². The topological polar surface area (TPSA) is 58.0 Å². The molecule has 0 radical (unpaired) electrons. The number of amides is 1. The van der Waals surface area contributed by atoms with E-state index in [1.54, 1.807) is 0 Å². The largest absolute Gasteiger partial charge is 0.459 e. The predicted octanol–water partition coefficient (Wildman–Crippen LogP) is 5.37. The average molecular weight is 353 g/mol. The second-order valence-electron chi connectivity index (χ2n) is 6.14. The van der Waals surface area contributed by atoms with Crippen molar-refractivity contribution in [1.82, 2.24) is 10.3 Å². The molecule has 0 bridgehead atoms. The van der Waals surface area contributed by atoms with Crippen molar-refractivity contribution in [2.45, 2.75) is 19.9 Å². The Hall–Kier alpha value is -2.72. The van der Waals surface area contributed by atoms with E-state index in [-0.39, 0.29) is 11.9 Å². The normalized spacial score (nSPS) is 12.6. The molecule has 0 saturated carbocycles. The molecule has 1 amide bonds. The van der Waals surface area contributed by atoms with Crippen molar-refractivity contribution in [2.24, 2.45) is 0 Å². The van der Waals surface area contributed by atoms with Gasteiger partial charge >= 0.3 is 0 Å². The Bertz CT molecular complexity index is 1090. The van der Waals surface area contributed by atoms with Gasteiger partial charge in [0.05, 0.1) is 11.1 Å². The summed E-state index contributed by atoms with van der Waals surface area (Å²) in [5.41, 5.74) is 3.06. The van der Waals surface area contributed by atoms with Crippen molar-refractivity contribution in [2.75, 3.05) is 0 Å². The van der Waals surface area contributed by atoms with Gasteiger partial charge < -0.3 is 14.7 Å². The Balaban J connectivity index is 1.65. The van der Waals surface area contributed by atoms with Crippen LogP contribution in [0, 0.1) is 6.92 Å². The molecule has 4 rings (SSSR count). The highest BCUT2D eigenvalue weighted by atomic mass is 35.5. The summed E-state index contributed by atoms with van der Waals surface area (Å²) in [5, 5.41) is 5.29. The molecule has 0 aliphatic carbocycles. The van der Waals surface area contributed by atoms with Gasteiger partial charge in [-0.2, -0.15) is 0 Å². The summed E-state index contributed by atoms with van der Waals surface area (Å²) in [6.07, 6.45) is 0. The van der Waals surface area contributed by atoms with Crippen LogP contribution in [-0.2, 0) is 0 Å². The van der Waals surface area contributed by atoms with Crippen LogP contribution < -0.4 is 5.32 Å². The Morgan fingerprint density at radius 3 is 2.52 bits per heavy atom. The highest BCUT2D eigenvalue weighted by Gasteiger charge is 2.22. The number of benzene rings is 2. The van der Waals surface area contributed by atoms with Gasteiger partial charge in [-0.05, 0) is 26.0 Å².